The SMILES string of the molecule is [Mg+][Se][Se][Mg+]. The van der Waals surface area contributed by atoms with E-state index in [2.05, 4.69) is 39.0 Å². The van der Waals surface area contributed by atoms with Crippen LogP contribution in [-0.4, -0.2) is 59.2 Å². The third-order valence-corrected chi connectivity index (χ3v) is 20.2. The fourth-order valence-electron chi connectivity index (χ4n) is 0. The zero-order chi connectivity index (χ0) is 3.41. The van der Waals surface area contributed by atoms with Crippen molar-refractivity contribution in [3.8, 4) is 0 Å². The van der Waals surface area contributed by atoms with E-state index >= 15 is 0 Å². The van der Waals surface area contributed by atoms with Crippen molar-refractivity contribution in [2.45, 2.75) is 0 Å². The first-order chi connectivity index (χ1) is 1.91. The molecule has 14 valence electrons. The molecule has 0 fully saturated rings. The summed E-state index contributed by atoms with van der Waals surface area (Å²) < 4.78 is 0. The van der Waals surface area contributed by atoms with Gasteiger partial charge in [0.1, 0.15) is 0 Å². The maximum absolute atomic E-state index is 2.12. The third kappa shape index (κ3) is 4.57. The molecule has 4 heavy (non-hydrogen) atoms. The van der Waals surface area contributed by atoms with E-state index in [9.17, 15) is 0 Å². The molecule has 0 aliphatic rings. The van der Waals surface area contributed by atoms with Crippen LogP contribution >= 0.6 is 0 Å². The van der Waals surface area contributed by atoms with Crippen LogP contribution < -0.4 is 0 Å². The standard InChI is InChI=1S/2Mg.Se2/c;;1-2/q2*+2;-2. The van der Waals surface area contributed by atoms with Gasteiger partial charge in [-0.2, -0.15) is 0 Å². The van der Waals surface area contributed by atoms with Gasteiger partial charge < -0.3 is 0 Å². The second-order valence-corrected chi connectivity index (χ2v) is 19.1. The molecule has 0 N–H and O–H groups in total. The molecule has 0 heterocycles. The molecule has 0 bridgehead atoms. The van der Waals surface area contributed by atoms with Crippen LogP contribution in [-0.2, 0) is 0 Å². The van der Waals surface area contributed by atoms with E-state index in [0.717, 1.165) is 20.2 Å². The van der Waals surface area contributed by atoms with Crippen LogP contribution in [0.3, 0.4) is 0 Å². The van der Waals surface area contributed by atoms with Crippen LogP contribution in [0.4, 0.5) is 0 Å². The van der Waals surface area contributed by atoms with Crippen molar-refractivity contribution >= 4 is 59.2 Å². The fourth-order valence-corrected chi connectivity index (χ4v) is 0. The number of hydrogen-bond donors (Lipinski definition) is 0. The van der Waals surface area contributed by atoms with Crippen molar-refractivity contribution in [3.05, 3.63) is 0 Å². The van der Waals surface area contributed by atoms with E-state index in [-0.39, 0.29) is 0 Å². The maximum atomic E-state index is 2.12. The first kappa shape index (κ1) is 6.57. The molecular weight excluding hydrogens is 207 g/mol. The summed E-state index contributed by atoms with van der Waals surface area (Å²) in [4.78, 5) is 0. The first-order valence-corrected chi connectivity index (χ1v) is 13.5. The summed E-state index contributed by atoms with van der Waals surface area (Å²) in [7, 11) is 2.04. The van der Waals surface area contributed by atoms with Crippen molar-refractivity contribution in [2.75, 3.05) is 0 Å². The Hall–Kier alpha value is 2.57. The Morgan fingerprint density at radius 3 is 1.25 bits per heavy atom. The summed E-state index contributed by atoms with van der Waals surface area (Å²) in [6.07, 6.45) is 0. The van der Waals surface area contributed by atoms with Crippen molar-refractivity contribution < 1.29 is 0 Å². The van der Waals surface area contributed by atoms with Crippen LogP contribution in [0.5, 0.6) is 0 Å². The molecule has 0 saturated carbocycles. The Morgan fingerprint density at radius 2 is 1.25 bits per heavy atom. The Labute approximate surface area is 58.0 Å². The molecule has 0 spiro atoms. The van der Waals surface area contributed by atoms with Gasteiger partial charge >= 0.3 is 59.2 Å². The van der Waals surface area contributed by atoms with E-state index in [1.54, 1.807) is 0 Å². The molecular formula is Mg2Se2+2. The summed E-state index contributed by atoms with van der Waals surface area (Å²) in [5.74, 6) is 0. The van der Waals surface area contributed by atoms with Crippen molar-refractivity contribution in [3.63, 3.8) is 0 Å². The van der Waals surface area contributed by atoms with Gasteiger partial charge in [0.15, 0.2) is 0 Å². The fraction of sp³-hybridized carbons (Fsp3) is 0. The van der Waals surface area contributed by atoms with Crippen LogP contribution in [0.2, 0.25) is 0 Å². The molecule has 0 rings (SSSR count). The molecule has 0 unspecified atom stereocenters. The van der Waals surface area contributed by atoms with Gasteiger partial charge in [0.25, 0.3) is 0 Å². The minimum absolute atomic E-state index is 1.02. The molecule has 0 aliphatic heterocycles. The predicted octanol–water partition coefficient (Wildman–Crippen LogP) is -1.52. The second kappa shape index (κ2) is 5.57. The quantitative estimate of drug-likeness (QED) is 0.457. The monoisotopic (exact) mass is 208 g/mol. The van der Waals surface area contributed by atoms with Crippen LogP contribution in [0, 0.1) is 0 Å². The normalized spacial score (nSPS) is 8.00. The Balaban J connectivity index is 1.97. The van der Waals surface area contributed by atoms with Gasteiger partial charge in [-0.05, 0) is 0 Å². The average molecular weight is 207 g/mol. The van der Waals surface area contributed by atoms with Gasteiger partial charge in [-0.1, -0.05) is 0 Å². The number of hydrogen-bond acceptors (Lipinski definition) is 0. The van der Waals surface area contributed by atoms with E-state index in [4.69, 9.17) is 0 Å². The van der Waals surface area contributed by atoms with E-state index in [1.807, 2.05) is 0 Å². The van der Waals surface area contributed by atoms with E-state index in [0.29, 0.717) is 0 Å². The molecule has 0 aromatic rings. The molecule has 0 saturated heterocycles. The van der Waals surface area contributed by atoms with Crippen LogP contribution in [0.25, 0.3) is 0 Å². The molecule has 4 heteroatoms. The van der Waals surface area contributed by atoms with E-state index < -0.39 is 0 Å². The topological polar surface area (TPSA) is 0 Å². The molecule has 0 aromatic carbocycles. The predicted molar refractivity (Wildman–Crippen MR) is 23.0 cm³/mol. The zero-order valence-electron chi connectivity index (χ0n) is 2.23. The van der Waals surface area contributed by atoms with Gasteiger partial charge in [-0.3, -0.25) is 0 Å². The average Bonchev–Trinajstić information content (AvgIpc) is 1.37. The molecule has 0 atom stereocenters. The third-order valence-electron chi connectivity index (χ3n) is 0.0833. The second-order valence-electron chi connectivity index (χ2n) is 0.236. The van der Waals surface area contributed by atoms with Gasteiger partial charge in [0, 0.05) is 0 Å². The van der Waals surface area contributed by atoms with Gasteiger partial charge in [-0.15, -0.1) is 0 Å². The summed E-state index contributed by atoms with van der Waals surface area (Å²) >= 11 is 4.24. The number of rotatable bonds is 1. The molecule has 0 amide bonds. The molecule has 0 aliphatic carbocycles. The Morgan fingerprint density at radius 1 is 1.00 bits per heavy atom. The van der Waals surface area contributed by atoms with Crippen molar-refractivity contribution in [1.82, 2.24) is 0 Å². The van der Waals surface area contributed by atoms with Gasteiger partial charge in [-0.25, -0.2) is 0 Å². The minimum atomic E-state index is 1.02. The zero-order valence-corrected chi connectivity index (χ0v) is 8.49. The molecule has 0 nitrogen and oxygen atoms in total. The summed E-state index contributed by atoms with van der Waals surface area (Å²) in [5.41, 5.74) is 0. The van der Waals surface area contributed by atoms with E-state index in [1.165, 1.54) is 0 Å². The summed E-state index contributed by atoms with van der Waals surface area (Å²) in [5, 5.41) is 0. The van der Waals surface area contributed by atoms with Crippen LogP contribution in [0.1, 0.15) is 0 Å². The Kier molecular flexibility index (Phi) is 9.15. The van der Waals surface area contributed by atoms with Crippen molar-refractivity contribution in [2.24, 2.45) is 0 Å². The summed E-state index contributed by atoms with van der Waals surface area (Å²) in [6, 6.07) is 0. The van der Waals surface area contributed by atoms with Gasteiger partial charge in [0.05, 0.1) is 0 Å². The van der Waals surface area contributed by atoms with Crippen molar-refractivity contribution in [1.29, 1.82) is 0 Å². The van der Waals surface area contributed by atoms with Gasteiger partial charge in [0.2, 0.25) is 0 Å². The summed E-state index contributed by atoms with van der Waals surface area (Å²) in [6.45, 7) is 0. The van der Waals surface area contributed by atoms with Crippen LogP contribution in [0.15, 0.2) is 0 Å². The molecule has 0 radical (unpaired) electrons. The first-order valence-electron chi connectivity index (χ1n) is 0.744. The molecule has 0 aromatic heterocycles. The Bertz CT molecular complexity index is 6.00.